The van der Waals surface area contributed by atoms with Crippen LogP contribution in [0.5, 0.6) is 11.5 Å². The van der Waals surface area contributed by atoms with Crippen LogP contribution in [0.25, 0.3) is 0 Å². The van der Waals surface area contributed by atoms with E-state index in [4.69, 9.17) is 9.47 Å². The fourth-order valence-electron chi connectivity index (χ4n) is 1.68. The molecule has 3 heteroatoms. The Morgan fingerprint density at radius 1 is 0.684 bits per heavy atom. The second kappa shape index (κ2) is 7.22. The molecule has 2 aromatic carbocycles. The van der Waals surface area contributed by atoms with Gasteiger partial charge in [-0.25, -0.2) is 0 Å². The Hall–Kier alpha value is -1.44. The fraction of sp³-hybridized carbons (Fsp3) is 0.250. The molecular formula is C16H18O2Se. The molecule has 2 aromatic rings. The van der Waals surface area contributed by atoms with E-state index < -0.39 is 0 Å². The van der Waals surface area contributed by atoms with Gasteiger partial charge in [-0.2, -0.15) is 0 Å². The van der Waals surface area contributed by atoms with Crippen LogP contribution >= 0.6 is 0 Å². The number of ether oxygens (including phenoxy) is 2. The minimum absolute atomic E-state index is 0.329. The van der Waals surface area contributed by atoms with Gasteiger partial charge in [-0.05, 0) is 0 Å². The van der Waals surface area contributed by atoms with Gasteiger partial charge in [0.1, 0.15) is 0 Å². The van der Waals surface area contributed by atoms with Crippen LogP contribution in [0.3, 0.4) is 0 Å². The molecule has 0 bridgehead atoms. The second-order valence-corrected chi connectivity index (χ2v) is 6.32. The first-order valence-electron chi connectivity index (χ1n) is 6.45. The molecule has 0 aliphatic rings. The summed E-state index contributed by atoms with van der Waals surface area (Å²) in [4.78, 5) is 0. The van der Waals surface area contributed by atoms with Crippen LogP contribution in [-0.2, 0) is 0 Å². The molecule has 0 aromatic heterocycles. The summed E-state index contributed by atoms with van der Waals surface area (Å²) in [5.41, 5.74) is 0. The summed E-state index contributed by atoms with van der Waals surface area (Å²) in [6.07, 6.45) is 0. The van der Waals surface area contributed by atoms with Crippen molar-refractivity contribution < 1.29 is 9.47 Å². The average molecular weight is 321 g/mol. The predicted molar refractivity (Wildman–Crippen MR) is 80.2 cm³/mol. The Balaban J connectivity index is 1.99. The standard InChI is InChI=1S/C16H18O2Se/c1-3-17-13-5-9-15(10-6-13)19-16-11-7-14(8-12-16)18-4-2/h5-12H,3-4H2,1-2H3. The van der Waals surface area contributed by atoms with Crippen LogP contribution in [0.1, 0.15) is 13.8 Å². The Bertz CT molecular complexity index is 444. The van der Waals surface area contributed by atoms with Gasteiger partial charge in [0.2, 0.25) is 0 Å². The van der Waals surface area contributed by atoms with Crippen molar-refractivity contribution >= 4 is 23.9 Å². The van der Waals surface area contributed by atoms with Gasteiger partial charge in [-0.3, -0.25) is 0 Å². The SMILES string of the molecule is CCOc1ccc([Se]c2ccc(OCC)cc2)cc1. The summed E-state index contributed by atoms with van der Waals surface area (Å²) in [5, 5.41) is 0. The van der Waals surface area contributed by atoms with E-state index in [-0.39, 0.29) is 0 Å². The molecule has 0 amide bonds. The van der Waals surface area contributed by atoms with E-state index in [1.165, 1.54) is 8.92 Å². The zero-order valence-corrected chi connectivity index (χ0v) is 13.0. The van der Waals surface area contributed by atoms with Crippen molar-refractivity contribution in [1.29, 1.82) is 0 Å². The molecule has 19 heavy (non-hydrogen) atoms. The van der Waals surface area contributed by atoms with Crippen LogP contribution in [0, 0.1) is 0 Å². The number of hydrogen-bond donors (Lipinski definition) is 0. The summed E-state index contributed by atoms with van der Waals surface area (Å²) in [5.74, 6) is 1.88. The molecule has 0 aliphatic carbocycles. The third-order valence-corrected chi connectivity index (χ3v) is 4.64. The maximum atomic E-state index is 5.44. The molecule has 0 atom stereocenters. The van der Waals surface area contributed by atoms with Crippen LogP contribution in [0.15, 0.2) is 48.5 Å². The number of hydrogen-bond acceptors (Lipinski definition) is 2. The summed E-state index contributed by atoms with van der Waals surface area (Å²) < 4.78 is 13.6. The van der Waals surface area contributed by atoms with E-state index in [1.54, 1.807) is 0 Å². The van der Waals surface area contributed by atoms with Gasteiger partial charge in [-0.15, -0.1) is 0 Å². The first-order chi connectivity index (χ1) is 9.31. The Labute approximate surface area is 120 Å². The van der Waals surface area contributed by atoms with E-state index in [1.807, 2.05) is 38.1 Å². The van der Waals surface area contributed by atoms with E-state index in [0.717, 1.165) is 11.5 Å². The zero-order chi connectivity index (χ0) is 13.5. The van der Waals surface area contributed by atoms with Gasteiger partial charge in [0, 0.05) is 0 Å². The van der Waals surface area contributed by atoms with Gasteiger partial charge >= 0.3 is 120 Å². The van der Waals surface area contributed by atoms with E-state index >= 15 is 0 Å². The predicted octanol–water partition coefficient (Wildman–Crippen LogP) is 2.14. The molecule has 0 saturated heterocycles. The minimum atomic E-state index is 0.329. The molecule has 0 saturated carbocycles. The molecule has 0 fully saturated rings. The van der Waals surface area contributed by atoms with E-state index in [9.17, 15) is 0 Å². The molecule has 2 nitrogen and oxygen atoms in total. The van der Waals surface area contributed by atoms with Crippen molar-refractivity contribution in [1.82, 2.24) is 0 Å². The molecule has 0 spiro atoms. The molecule has 0 aliphatic heterocycles. The van der Waals surface area contributed by atoms with Crippen molar-refractivity contribution in [3.63, 3.8) is 0 Å². The summed E-state index contributed by atoms with van der Waals surface area (Å²) >= 11 is 0.329. The summed E-state index contributed by atoms with van der Waals surface area (Å²) in [6.45, 7) is 5.42. The first kappa shape index (κ1) is 14.0. The van der Waals surface area contributed by atoms with Crippen molar-refractivity contribution in [2.24, 2.45) is 0 Å². The first-order valence-corrected chi connectivity index (χ1v) is 8.16. The van der Waals surface area contributed by atoms with Crippen LogP contribution in [-0.4, -0.2) is 28.2 Å². The summed E-state index contributed by atoms with van der Waals surface area (Å²) in [7, 11) is 0. The molecule has 0 radical (unpaired) electrons. The zero-order valence-electron chi connectivity index (χ0n) is 11.3. The van der Waals surface area contributed by atoms with Crippen LogP contribution in [0.2, 0.25) is 0 Å². The van der Waals surface area contributed by atoms with Gasteiger partial charge in [0.25, 0.3) is 0 Å². The van der Waals surface area contributed by atoms with Gasteiger partial charge in [0.05, 0.1) is 0 Å². The van der Waals surface area contributed by atoms with E-state index in [2.05, 4.69) is 24.3 Å². The second-order valence-electron chi connectivity index (χ2n) is 3.91. The van der Waals surface area contributed by atoms with Crippen LogP contribution < -0.4 is 18.4 Å². The van der Waals surface area contributed by atoms with E-state index in [0.29, 0.717) is 28.2 Å². The Kier molecular flexibility index (Phi) is 5.31. The average Bonchev–Trinajstić information content (AvgIpc) is 2.44. The van der Waals surface area contributed by atoms with Gasteiger partial charge in [0.15, 0.2) is 0 Å². The third-order valence-electron chi connectivity index (χ3n) is 2.51. The van der Waals surface area contributed by atoms with Crippen LogP contribution in [0.4, 0.5) is 0 Å². The Morgan fingerprint density at radius 3 is 1.37 bits per heavy atom. The summed E-state index contributed by atoms with van der Waals surface area (Å²) in [6, 6.07) is 16.7. The molecular weight excluding hydrogens is 303 g/mol. The van der Waals surface area contributed by atoms with Crippen molar-refractivity contribution in [2.45, 2.75) is 13.8 Å². The third kappa shape index (κ3) is 4.30. The number of benzene rings is 2. The Morgan fingerprint density at radius 2 is 1.05 bits per heavy atom. The molecule has 0 heterocycles. The molecule has 0 N–H and O–H groups in total. The van der Waals surface area contributed by atoms with Crippen molar-refractivity contribution in [2.75, 3.05) is 13.2 Å². The monoisotopic (exact) mass is 322 g/mol. The molecule has 100 valence electrons. The van der Waals surface area contributed by atoms with Gasteiger partial charge < -0.3 is 0 Å². The quantitative estimate of drug-likeness (QED) is 0.759. The number of rotatable bonds is 6. The van der Waals surface area contributed by atoms with Crippen molar-refractivity contribution in [3.05, 3.63) is 48.5 Å². The molecule has 0 unspecified atom stereocenters. The topological polar surface area (TPSA) is 18.5 Å². The molecule has 2 rings (SSSR count). The normalized spacial score (nSPS) is 10.2. The maximum absolute atomic E-state index is 5.44. The fourth-order valence-corrected chi connectivity index (χ4v) is 3.39. The van der Waals surface area contributed by atoms with Crippen molar-refractivity contribution in [3.8, 4) is 11.5 Å². The van der Waals surface area contributed by atoms with Gasteiger partial charge in [-0.1, -0.05) is 0 Å².